The number of aliphatic hydroxyl groups is 7. The molecule has 18 heteroatoms. The zero-order valence-electron chi connectivity index (χ0n) is 26.9. The van der Waals surface area contributed by atoms with Crippen LogP contribution in [0, 0.1) is 5.92 Å². The molecule has 9 N–H and O–H groups in total. The first-order chi connectivity index (χ1) is 22.8. The second kappa shape index (κ2) is 16.8. The number of aliphatic hydroxyl groups excluding tert-OH is 7. The maximum Gasteiger partial charge on any atom is 0.229 e. The van der Waals surface area contributed by atoms with Crippen molar-refractivity contribution in [2.24, 2.45) is 5.92 Å². The molecule has 2 amide bonds. The maximum absolute atomic E-state index is 12.1. The number of ether oxygens (including phenoxy) is 7. The van der Waals surface area contributed by atoms with E-state index in [-0.39, 0.29) is 5.75 Å². The molecule has 0 saturated carbocycles. The Kier molecular flexibility index (Phi) is 13.3. The molecule has 6 unspecified atom stereocenters. The van der Waals surface area contributed by atoms with E-state index in [1.165, 1.54) is 14.0 Å². The minimum atomic E-state index is -1.78. The Morgan fingerprint density at radius 1 is 0.667 bits per heavy atom. The van der Waals surface area contributed by atoms with Gasteiger partial charge in [-0.25, -0.2) is 0 Å². The lowest BCUT2D eigenvalue weighted by atomic mass is 9.89. The molecule has 0 spiro atoms. The monoisotopic (exact) mass is 690 g/mol. The first-order valence-electron chi connectivity index (χ1n) is 15.5. The van der Waals surface area contributed by atoms with Crippen LogP contribution in [0.2, 0.25) is 0 Å². The van der Waals surface area contributed by atoms with E-state index >= 15 is 0 Å². The van der Waals surface area contributed by atoms with Gasteiger partial charge in [0.15, 0.2) is 18.7 Å². The van der Waals surface area contributed by atoms with Gasteiger partial charge in [-0.05, 0) is 24.3 Å². The Morgan fingerprint density at radius 2 is 1.15 bits per heavy atom. The molecule has 272 valence electrons. The van der Waals surface area contributed by atoms with Crippen LogP contribution in [-0.2, 0) is 33.3 Å². The van der Waals surface area contributed by atoms with Gasteiger partial charge in [-0.15, -0.1) is 0 Å². The number of amides is 2. The predicted molar refractivity (Wildman–Crippen MR) is 159 cm³/mol. The van der Waals surface area contributed by atoms with E-state index in [1.807, 2.05) is 0 Å². The maximum atomic E-state index is 12.1. The van der Waals surface area contributed by atoms with Gasteiger partial charge in [0.2, 0.25) is 18.1 Å². The average Bonchev–Trinajstić information content (AvgIpc) is 3.06. The molecule has 0 radical (unpaired) electrons. The molecule has 0 aliphatic carbocycles. The van der Waals surface area contributed by atoms with E-state index in [0.717, 1.165) is 6.92 Å². The van der Waals surface area contributed by atoms with Crippen LogP contribution in [-0.4, -0.2) is 160 Å². The summed E-state index contributed by atoms with van der Waals surface area (Å²) in [4.78, 5) is 24.1. The van der Waals surface area contributed by atoms with Crippen LogP contribution in [0.5, 0.6) is 11.5 Å². The van der Waals surface area contributed by atoms with Gasteiger partial charge in [0.25, 0.3) is 0 Å². The van der Waals surface area contributed by atoms with Gasteiger partial charge in [0, 0.05) is 19.8 Å². The van der Waals surface area contributed by atoms with Crippen molar-refractivity contribution in [1.82, 2.24) is 10.6 Å². The molecule has 18 nitrogen and oxygen atoms in total. The van der Waals surface area contributed by atoms with Gasteiger partial charge < -0.3 is 79.5 Å². The predicted octanol–water partition coefficient (Wildman–Crippen LogP) is -3.91. The van der Waals surface area contributed by atoms with E-state index < -0.39 is 123 Å². The third-order valence-electron chi connectivity index (χ3n) is 8.59. The van der Waals surface area contributed by atoms with E-state index in [9.17, 15) is 45.3 Å². The van der Waals surface area contributed by atoms with Crippen molar-refractivity contribution in [2.45, 2.75) is 107 Å². The van der Waals surface area contributed by atoms with Gasteiger partial charge in [-0.3, -0.25) is 9.59 Å². The van der Waals surface area contributed by atoms with Crippen molar-refractivity contribution < 1.29 is 78.5 Å². The number of hydrogen-bond donors (Lipinski definition) is 9. The number of carbonyl (C=O) groups is 2. The van der Waals surface area contributed by atoms with Gasteiger partial charge in [0.05, 0.1) is 39.1 Å². The molecule has 1 aromatic rings. The fourth-order valence-corrected chi connectivity index (χ4v) is 5.94. The summed E-state index contributed by atoms with van der Waals surface area (Å²) in [6.45, 7) is 1.98. The van der Waals surface area contributed by atoms with Crippen LogP contribution < -0.4 is 20.1 Å². The largest absolute Gasteiger partial charge is 0.497 e. The van der Waals surface area contributed by atoms with Crippen molar-refractivity contribution in [3.63, 3.8) is 0 Å². The fraction of sp³-hybridized carbons (Fsp3) is 0.733. The Hall–Kier alpha value is -2.72. The highest BCUT2D eigenvalue weighted by atomic mass is 16.8. The van der Waals surface area contributed by atoms with E-state index in [2.05, 4.69) is 10.6 Å². The number of carbonyl (C=O) groups excluding carboxylic acids is 2. The Balaban J connectivity index is 1.69. The Morgan fingerprint density at radius 3 is 1.67 bits per heavy atom. The van der Waals surface area contributed by atoms with Crippen molar-refractivity contribution in [3.05, 3.63) is 24.3 Å². The first-order valence-corrected chi connectivity index (χ1v) is 15.5. The fourth-order valence-electron chi connectivity index (χ4n) is 5.94. The molecule has 0 bridgehead atoms. The van der Waals surface area contributed by atoms with Crippen LogP contribution >= 0.6 is 0 Å². The Labute approximate surface area is 276 Å². The minimum Gasteiger partial charge on any atom is -0.497 e. The van der Waals surface area contributed by atoms with Gasteiger partial charge >= 0.3 is 0 Å². The van der Waals surface area contributed by atoms with Crippen LogP contribution in [0.1, 0.15) is 20.8 Å². The topological polar surface area (TPSA) is 264 Å². The SMILES string of the molecule is COc1ccc(O[C@H]2OC(CO)[C@@H](O[C@@H]3OC(CO)[C@@H](O)[C@H](O)C3NC(C)=O)[C@H](O)C2O[C@@H]2OC(CO)[C@@H](C)[C@H](O)C2NC(C)=O)cc1. The minimum absolute atomic E-state index is 0.228. The van der Waals surface area contributed by atoms with Gasteiger partial charge in [-0.2, -0.15) is 0 Å². The lowest BCUT2D eigenvalue weighted by molar-refractivity contribution is -0.363. The van der Waals surface area contributed by atoms with Crippen molar-refractivity contribution in [2.75, 3.05) is 26.9 Å². The second-order valence-electron chi connectivity index (χ2n) is 11.9. The Bertz CT molecular complexity index is 1190. The van der Waals surface area contributed by atoms with Crippen LogP contribution in [0.3, 0.4) is 0 Å². The summed E-state index contributed by atoms with van der Waals surface area (Å²) in [7, 11) is 1.48. The normalized spacial score (nSPS) is 40.1. The summed E-state index contributed by atoms with van der Waals surface area (Å²) in [6.07, 6.45) is -17.6. The summed E-state index contributed by atoms with van der Waals surface area (Å²) in [5.41, 5.74) is 0. The molecule has 0 aromatic heterocycles. The molecule has 3 fully saturated rings. The highest BCUT2D eigenvalue weighted by Gasteiger charge is 2.54. The molecule has 48 heavy (non-hydrogen) atoms. The number of benzene rings is 1. The number of rotatable bonds is 12. The van der Waals surface area contributed by atoms with E-state index in [0.29, 0.717) is 5.75 Å². The molecule has 1 aromatic carbocycles. The summed E-state index contributed by atoms with van der Waals surface area (Å²) in [6, 6.07) is 3.70. The van der Waals surface area contributed by atoms with Crippen LogP contribution in [0.15, 0.2) is 24.3 Å². The summed E-state index contributed by atoms with van der Waals surface area (Å²) in [5, 5.41) is 79.1. The molecular weight excluding hydrogens is 644 g/mol. The molecule has 3 saturated heterocycles. The highest BCUT2D eigenvalue weighted by molar-refractivity contribution is 5.73. The van der Waals surface area contributed by atoms with E-state index in [1.54, 1.807) is 31.2 Å². The van der Waals surface area contributed by atoms with Gasteiger partial charge in [-0.1, -0.05) is 6.92 Å². The van der Waals surface area contributed by atoms with Crippen LogP contribution in [0.25, 0.3) is 0 Å². The number of hydrogen-bond acceptors (Lipinski definition) is 16. The summed E-state index contributed by atoms with van der Waals surface area (Å²) < 4.78 is 41.0. The third kappa shape index (κ3) is 8.52. The summed E-state index contributed by atoms with van der Waals surface area (Å²) in [5.74, 6) is -1.05. The quantitative estimate of drug-likeness (QED) is 0.101. The summed E-state index contributed by atoms with van der Waals surface area (Å²) >= 11 is 0. The molecular formula is C30H46N2O16. The third-order valence-corrected chi connectivity index (χ3v) is 8.59. The lowest BCUT2D eigenvalue weighted by Crippen LogP contribution is -2.69. The standard InChI is InChI=1S/C30H46N2O16/c1-12-17(9-33)44-28(20(22(12)38)31-13(2)36)48-27-25(41)26(19(11-35)46-30(27)43-16-7-5-15(42-4)6-8-16)47-29-21(32-14(3)37)24(40)23(39)18(10-34)45-29/h5-8,12,17-30,33-35,38-41H,9-11H2,1-4H3,(H,31,36)(H,32,37)/t12-,17?,18?,19?,20?,21?,22+,23-,24-,25+,26-,27?,28+,29+,30+/m1/s1. The first kappa shape index (κ1) is 38.1. The van der Waals surface area contributed by atoms with E-state index in [4.69, 9.17) is 33.2 Å². The van der Waals surface area contributed by atoms with Crippen molar-refractivity contribution >= 4 is 11.8 Å². The average molecular weight is 691 g/mol. The molecule has 15 atom stereocenters. The van der Waals surface area contributed by atoms with Gasteiger partial charge in [0.1, 0.15) is 60.2 Å². The zero-order valence-corrected chi connectivity index (χ0v) is 26.9. The molecule has 3 heterocycles. The highest BCUT2D eigenvalue weighted by Crippen LogP contribution is 2.35. The molecule has 3 aliphatic heterocycles. The zero-order chi connectivity index (χ0) is 35.3. The lowest BCUT2D eigenvalue weighted by Gasteiger charge is -2.49. The molecule has 3 aliphatic rings. The number of methoxy groups -OCH3 is 1. The smallest absolute Gasteiger partial charge is 0.229 e. The van der Waals surface area contributed by atoms with Crippen LogP contribution in [0.4, 0.5) is 0 Å². The van der Waals surface area contributed by atoms with Crippen molar-refractivity contribution in [1.29, 1.82) is 0 Å². The van der Waals surface area contributed by atoms with Crippen molar-refractivity contribution in [3.8, 4) is 11.5 Å². The molecule has 4 rings (SSSR count). The second-order valence-corrected chi connectivity index (χ2v) is 11.9. The number of nitrogens with one attached hydrogen (secondary N) is 2.